The Balaban J connectivity index is 1.34. The molecular weight excluding hydrogens is 442 g/mol. The largest absolute Gasteiger partial charge is 0.385 e. The molecule has 1 aliphatic heterocycles. The van der Waals surface area contributed by atoms with Gasteiger partial charge in [-0.25, -0.2) is 0 Å². The van der Waals surface area contributed by atoms with Crippen LogP contribution in [-0.2, 0) is 16.8 Å². The first-order valence-corrected chi connectivity index (χ1v) is 12.5. The molecule has 3 aromatic carbocycles. The van der Waals surface area contributed by atoms with Gasteiger partial charge >= 0.3 is 0 Å². The molecule has 1 amide bonds. The van der Waals surface area contributed by atoms with Crippen molar-refractivity contribution < 1.29 is 9.90 Å². The Labute approximate surface area is 206 Å². The quantitative estimate of drug-likeness (QED) is 0.470. The topological polar surface area (TPSA) is 40.5 Å². The van der Waals surface area contributed by atoms with Crippen molar-refractivity contribution in [2.45, 2.75) is 44.1 Å². The van der Waals surface area contributed by atoms with Gasteiger partial charge in [0.15, 0.2) is 0 Å². The lowest BCUT2D eigenvalue weighted by Crippen LogP contribution is -2.45. The number of piperidine rings is 1. The van der Waals surface area contributed by atoms with Crippen LogP contribution >= 0.6 is 11.6 Å². The standard InChI is InChI=1S/C30H30ClNO2/c1-21-25(16-11-22-7-3-2-4-8-22)26-9-5-6-10-27(26)28(21)29(33)32-19-17-30(34,18-20-32)23-12-14-24(31)15-13-23/h2-10,12-15,25,34H,11,16-20H2,1H3. The third-order valence-electron chi connectivity index (χ3n) is 7.56. The number of carbonyl (C=O) groups excluding carboxylic acids is 1. The lowest BCUT2D eigenvalue weighted by atomic mass is 9.84. The Bertz CT molecular complexity index is 1210. The van der Waals surface area contributed by atoms with Crippen LogP contribution < -0.4 is 0 Å². The van der Waals surface area contributed by atoms with E-state index < -0.39 is 5.60 Å². The van der Waals surface area contributed by atoms with E-state index in [4.69, 9.17) is 11.6 Å². The Kier molecular flexibility index (Phi) is 6.33. The van der Waals surface area contributed by atoms with Crippen molar-refractivity contribution in [1.82, 2.24) is 4.90 Å². The van der Waals surface area contributed by atoms with E-state index in [1.807, 2.05) is 41.3 Å². The fraction of sp³-hybridized carbons (Fsp3) is 0.300. The molecule has 34 heavy (non-hydrogen) atoms. The summed E-state index contributed by atoms with van der Waals surface area (Å²) in [4.78, 5) is 15.7. The van der Waals surface area contributed by atoms with Gasteiger partial charge < -0.3 is 10.0 Å². The second-order valence-electron chi connectivity index (χ2n) is 9.55. The van der Waals surface area contributed by atoms with Gasteiger partial charge in [0.1, 0.15) is 0 Å². The molecule has 3 aromatic rings. The molecule has 1 heterocycles. The molecule has 1 N–H and O–H groups in total. The number of fused-ring (bicyclic) bond motifs is 1. The Morgan fingerprint density at radius 3 is 2.32 bits per heavy atom. The molecule has 3 nitrogen and oxygen atoms in total. The van der Waals surface area contributed by atoms with Gasteiger partial charge in [-0.15, -0.1) is 0 Å². The third kappa shape index (κ3) is 4.31. The van der Waals surface area contributed by atoms with Gasteiger partial charge in [-0.05, 0) is 67.0 Å². The molecule has 0 aromatic heterocycles. The summed E-state index contributed by atoms with van der Waals surface area (Å²) in [5.41, 5.74) is 5.62. The van der Waals surface area contributed by atoms with Crippen LogP contribution in [-0.4, -0.2) is 29.0 Å². The summed E-state index contributed by atoms with van der Waals surface area (Å²) in [7, 11) is 0. The van der Waals surface area contributed by atoms with Gasteiger partial charge in [0.2, 0.25) is 0 Å². The number of likely N-dealkylation sites (tertiary alicyclic amines) is 1. The van der Waals surface area contributed by atoms with Crippen molar-refractivity contribution in [2.75, 3.05) is 13.1 Å². The molecule has 1 unspecified atom stereocenters. The van der Waals surface area contributed by atoms with Gasteiger partial charge in [-0.1, -0.05) is 83.9 Å². The van der Waals surface area contributed by atoms with Crippen LogP contribution in [0.4, 0.5) is 0 Å². The third-order valence-corrected chi connectivity index (χ3v) is 7.81. The van der Waals surface area contributed by atoms with Gasteiger partial charge in [0, 0.05) is 29.6 Å². The average Bonchev–Trinajstić information content (AvgIpc) is 3.14. The summed E-state index contributed by atoms with van der Waals surface area (Å²) >= 11 is 6.02. The molecule has 1 atom stereocenters. The van der Waals surface area contributed by atoms with E-state index in [-0.39, 0.29) is 11.8 Å². The smallest absolute Gasteiger partial charge is 0.254 e. The Hall–Kier alpha value is -2.88. The summed E-state index contributed by atoms with van der Waals surface area (Å²) in [6.45, 7) is 3.19. The number of rotatable bonds is 5. The first kappa shape index (κ1) is 22.9. The molecule has 4 heteroatoms. The average molecular weight is 472 g/mol. The zero-order valence-corrected chi connectivity index (χ0v) is 20.3. The molecule has 5 rings (SSSR count). The van der Waals surface area contributed by atoms with E-state index in [0.717, 1.165) is 29.5 Å². The number of aryl methyl sites for hydroxylation is 1. The van der Waals surface area contributed by atoms with Crippen LogP contribution in [0, 0.1) is 0 Å². The SMILES string of the molecule is CC1=C(C(=O)N2CCC(O)(c3ccc(Cl)cc3)CC2)c2ccccc2C1CCc1ccccc1. The molecule has 0 spiro atoms. The highest BCUT2D eigenvalue weighted by atomic mass is 35.5. The van der Waals surface area contributed by atoms with Crippen LogP contribution in [0.5, 0.6) is 0 Å². The zero-order chi connectivity index (χ0) is 23.7. The summed E-state index contributed by atoms with van der Waals surface area (Å²) in [5.74, 6) is 0.344. The molecule has 1 fully saturated rings. The molecule has 0 radical (unpaired) electrons. The van der Waals surface area contributed by atoms with E-state index in [2.05, 4.69) is 49.4 Å². The predicted octanol–water partition coefficient (Wildman–Crippen LogP) is 6.35. The number of allylic oxidation sites excluding steroid dienone is 1. The summed E-state index contributed by atoms with van der Waals surface area (Å²) in [5, 5.41) is 11.9. The fourth-order valence-electron chi connectivity index (χ4n) is 5.55. The van der Waals surface area contributed by atoms with Crippen molar-refractivity contribution in [3.8, 4) is 0 Å². The summed E-state index contributed by atoms with van der Waals surface area (Å²) in [6, 6.07) is 26.3. The number of carbonyl (C=O) groups is 1. The van der Waals surface area contributed by atoms with Crippen LogP contribution in [0.3, 0.4) is 0 Å². The minimum atomic E-state index is -0.920. The number of halogens is 1. The first-order chi connectivity index (χ1) is 16.5. The second-order valence-corrected chi connectivity index (χ2v) is 9.99. The van der Waals surface area contributed by atoms with Gasteiger partial charge in [0.05, 0.1) is 5.60 Å². The van der Waals surface area contributed by atoms with E-state index in [9.17, 15) is 9.90 Å². The molecule has 0 saturated carbocycles. The highest BCUT2D eigenvalue weighted by Crippen LogP contribution is 2.45. The number of benzene rings is 3. The van der Waals surface area contributed by atoms with Gasteiger partial charge in [0.25, 0.3) is 5.91 Å². The normalized spacial score (nSPS) is 19.3. The number of hydrogen-bond donors (Lipinski definition) is 1. The molecule has 0 bridgehead atoms. The van der Waals surface area contributed by atoms with E-state index in [1.165, 1.54) is 16.7 Å². The summed E-state index contributed by atoms with van der Waals surface area (Å²) in [6.07, 6.45) is 3.01. The van der Waals surface area contributed by atoms with Gasteiger partial charge in [-0.3, -0.25) is 4.79 Å². The number of aliphatic hydroxyl groups is 1. The lowest BCUT2D eigenvalue weighted by Gasteiger charge is -2.39. The van der Waals surface area contributed by atoms with Crippen molar-refractivity contribution in [3.63, 3.8) is 0 Å². The van der Waals surface area contributed by atoms with E-state index >= 15 is 0 Å². The van der Waals surface area contributed by atoms with Gasteiger partial charge in [-0.2, -0.15) is 0 Å². The number of nitrogens with zero attached hydrogens (tertiary/aromatic N) is 1. The van der Waals surface area contributed by atoms with Crippen LogP contribution in [0.15, 0.2) is 84.4 Å². The molecule has 174 valence electrons. The van der Waals surface area contributed by atoms with Crippen molar-refractivity contribution in [2.24, 2.45) is 0 Å². The molecule has 2 aliphatic rings. The number of amides is 1. The zero-order valence-electron chi connectivity index (χ0n) is 19.5. The Morgan fingerprint density at radius 2 is 1.62 bits per heavy atom. The van der Waals surface area contributed by atoms with Crippen LogP contribution in [0.25, 0.3) is 5.57 Å². The maximum atomic E-state index is 13.8. The Morgan fingerprint density at radius 1 is 0.971 bits per heavy atom. The monoisotopic (exact) mass is 471 g/mol. The maximum absolute atomic E-state index is 13.8. The molecule has 1 saturated heterocycles. The fourth-order valence-corrected chi connectivity index (χ4v) is 5.67. The minimum absolute atomic E-state index is 0.0883. The predicted molar refractivity (Wildman–Crippen MR) is 138 cm³/mol. The number of hydrogen-bond acceptors (Lipinski definition) is 2. The van der Waals surface area contributed by atoms with Crippen molar-refractivity contribution in [3.05, 3.63) is 112 Å². The van der Waals surface area contributed by atoms with Crippen LogP contribution in [0.1, 0.15) is 54.4 Å². The van der Waals surface area contributed by atoms with E-state index in [1.54, 1.807) is 0 Å². The minimum Gasteiger partial charge on any atom is -0.385 e. The molecule has 1 aliphatic carbocycles. The molecular formula is C30H30ClNO2. The highest BCUT2D eigenvalue weighted by Gasteiger charge is 2.39. The van der Waals surface area contributed by atoms with Crippen molar-refractivity contribution >= 4 is 23.1 Å². The van der Waals surface area contributed by atoms with Crippen molar-refractivity contribution in [1.29, 1.82) is 0 Å². The second kappa shape index (κ2) is 9.40. The lowest BCUT2D eigenvalue weighted by molar-refractivity contribution is -0.129. The van der Waals surface area contributed by atoms with E-state index in [0.29, 0.717) is 31.0 Å². The maximum Gasteiger partial charge on any atom is 0.254 e. The first-order valence-electron chi connectivity index (χ1n) is 12.1. The highest BCUT2D eigenvalue weighted by molar-refractivity contribution is 6.30. The van der Waals surface area contributed by atoms with Crippen LogP contribution in [0.2, 0.25) is 5.02 Å². The summed E-state index contributed by atoms with van der Waals surface area (Å²) < 4.78 is 0.